The number of hydrogen-bond acceptors (Lipinski definition) is 1. The van der Waals surface area contributed by atoms with Crippen LogP contribution in [0, 0.1) is 5.92 Å². The molecule has 0 aromatic heterocycles. The summed E-state index contributed by atoms with van der Waals surface area (Å²) in [7, 11) is 0. The molecule has 0 radical (unpaired) electrons. The van der Waals surface area contributed by atoms with Gasteiger partial charge < -0.3 is 0 Å². The molecule has 0 amide bonds. The van der Waals surface area contributed by atoms with Gasteiger partial charge in [0.05, 0.1) is 0 Å². The number of hydrogen-bond donors (Lipinski definition) is 0. The second kappa shape index (κ2) is 4.44. The van der Waals surface area contributed by atoms with Crippen molar-refractivity contribution >= 4 is 17.7 Å². The van der Waals surface area contributed by atoms with Crippen LogP contribution in [0.25, 0.3) is 0 Å². The SMILES string of the molecule is [Li][CH2]C(C)CN1CCCC1. The van der Waals surface area contributed by atoms with Gasteiger partial charge in [-0.3, -0.25) is 0 Å². The van der Waals surface area contributed by atoms with Gasteiger partial charge in [-0.15, -0.1) is 0 Å². The molecule has 1 aliphatic heterocycles. The minimum atomic E-state index is 0.901. The van der Waals surface area contributed by atoms with E-state index in [1.165, 1.54) is 37.6 Å². The normalized spacial score (nSPS) is 23.5. The molecule has 54 valence electrons. The molecule has 1 unspecified atom stereocenters. The molecule has 0 N–H and O–H groups in total. The summed E-state index contributed by atoms with van der Waals surface area (Å²) < 4.78 is 0. The Kier molecular flexibility index (Phi) is 3.84. The van der Waals surface area contributed by atoms with Crippen molar-refractivity contribution in [1.82, 2.24) is 4.90 Å². The summed E-state index contributed by atoms with van der Waals surface area (Å²) in [5.74, 6) is 0.901. The summed E-state index contributed by atoms with van der Waals surface area (Å²) >= 11 is 2.28. The van der Waals surface area contributed by atoms with E-state index in [0.717, 1.165) is 5.92 Å². The molecule has 1 heterocycles. The Morgan fingerprint density at radius 3 is 2.50 bits per heavy atom. The fourth-order valence-electron chi connectivity index (χ4n) is 1.54. The van der Waals surface area contributed by atoms with E-state index in [0.29, 0.717) is 0 Å². The maximum absolute atomic E-state index is 2.59. The summed E-state index contributed by atoms with van der Waals surface area (Å²) in [6.45, 7) is 6.38. The van der Waals surface area contributed by atoms with Crippen molar-refractivity contribution < 1.29 is 0 Å². The van der Waals surface area contributed by atoms with Crippen molar-refractivity contribution in [3.8, 4) is 0 Å². The van der Waals surface area contributed by atoms with E-state index < -0.39 is 0 Å². The first-order valence-electron chi connectivity index (χ1n) is 4.55. The topological polar surface area (TPSA) is 3.24 Å². The Morgan fingerprint density at radius 2 is 2.00 bits per heavy atom. The molecule has 0 aromatic carbocycles. The molecule has 0 bridgehead atoms. The van der Waals surface area contributed by atoms with Crippen LogP contribution in [0.4, 0.5) is 0 Å². The standard InChI is InChI=1S/C8H16N.Li/c1-8(2)7-9-5-3-4-6-9;/h8H,1,3-7H2,2H3;. The van der Waals surface area contributed by atoms with Crippen LogP contribution < -0.4 is 0 Å². The van der Waals surface area contributed by atoms with Gasteiger partial charge in [0.2, 0.25) is 0 Å². The Balaban J connectivity index is 2.11. The molecule has 10 heavy (non-hydrogen) atoms. The van der Waals surface area contributed by atoms with Crippen molar-refractivity contribution in [2.24, 2.45) is 5.92 Å². The van der Waals surface area contributed by atoms with Gasteiger partial charge in [0.25, 0.3) is 0 Å². The zero-order valence-corrected chi connectivity index (χ0v) is 7.27. The maximum atomic E-state index is 2.59. The van der Waals surface area contributed by atoms with Crippen molar-refractivity contribution in [3.63, 3.8) is 0 Å². The summed E-state index contributed by atoms with van der Waals surface area (Å²) in [4.78, 5) is 2.59. The van der Waals surface area contributed by atoms with Gasteiger partial charge in [-0.2, -0.15) is 0 Å². The fraction of sp³-hybridized carbons (Fsp3) is 1.00. The van der Waals surface area contributed by atoms with Gasteiger partial charge in [0, 0.05) is 0 Å². The van der Waals surface area contributed by atoms with Crippen LogP contribution in [-0.2, 0) is 0 Å². The Labute approximate surface area is 73.4 Å². The second-order valence-electron chi connectivity index (χ2n) is 3.52. The summed E-state index contributed by atoms with van der Waals surface area (Å²) in [5, 5.41) is 1.33. The predicted molar refractivity (Wildman–Crippen MR) is 45.4 cm³/mol. The summed E-state index contributed by atoms with van der Waals surface area (Å²) in [6, 6.07) is 0. The predicted octanol–water partition coefficient (Wildman–Crippen LogP) is 1.31. The molecule has 2 heteroatoms. The van der Waals surface area contributed by atoms with Crippen LogP contribution >= 0.6 is 0 Å². The molecule has 1 atom stereocenters. The molecule has 0 saturated carbocycles. The fourth-order valence-corrected chi connectivity index (χ4v) is 1.54. The van der Waals surface area contributed by atoms with Crippen LogP contribution in [0.3, 0.4) is 0 Å². The van der Waals surface area contributed by atoms with Crippen LogP contribution in [0.1, 0.15) is 19.8 Å². The van der Waals surface area contributed by atoms with Crippen molar-refractivity contribution in [1.29, 1.82) is 0 Å². The van der Waals surface area contributed by atoms with Gasteiger partial charge in [-0.05, 0) is 0 Å². The van der Waals surface area contributed by atoms with Crippen LogP contribution in [-0.4, -0.2) is 42.2 Å². The molecule has 0 spiro atoms. The number of nitrogens with zero attached hydrogens (tertiary/aromatic N) is 1. The molecule has 0 aliphatic carbocycles. The van der Waals surface area contributed by atoms with Gasteiger partial charge in [-0.1, -0.05) is 0 Å². The van der Waals surface area contributed by atoms with Gasteiger partial charge in [-0.25, -0.2) is 0 Å². The molecule has 1 rings (SSSR count). The number of likely N-dealkylation sites (tertiary alicyclic amines) is 1. The Morgan fingerprint density at radius 1 is 1.40 bits per heavy atom. The van der Waals surface area contributed by atoms with E-state index in [1.54, 1.807) is 0 Å². The van der Waals surface area contributed by atoms with E-state index in [-0.39, 0.29) is 0 Å². The third kappa shape index (κ3) is 2.66. The van der Waals surface area contributed by atoms with Crippen LogP contribution in [0.2, 0.25) is 5.09 Å². The third-order valence-corrected chi connectivity index (χ3v) is 2.47. The first kappa shape index (κ1) is 8.65. The van der Waals surface area contributed by atoms with Crippen LogP contribution in [0.15, 0.2) is 0 Å². The van der Waals surface area contributed by atoms with E-state index in [2.05, 4.69) is 29.5 Å². The molecule has 1 fully saturated rings. The molecule has 1 saturated heterocycles. The monoisotopic (exact) mass is 133 g/mol. The van der Waals surface area contributed by atoms with Gasteiger partial charge in [0.1, 0.15) is 0 Å². The Hall–Kier alpha value is 0.557. The minimum absolute atomic E-state index is 0.901. The molecule has 0 aromatic rings. The van der Waals surface area contributed by atoms with E-state index in [9.17, 15) is 0 Å². The van der Waals surface area contributed by atoms with Crippen molar-refractivity contribution in [2.75, 3.05) is 19.6 Å². The molecule has 1 aliphatic rings. The molecular weight excluding hydrogens is 117 g/mol. The first-order chi connectivity index (χ1) is 4.83. The summed E-state index contributed by atoms with van der Waals surface area (Å²) in [5.41, 5.74) is 0. The summed E-state index contributed by atoms with van der Waals surface area (Å²) in [6.07, 6.45) is 2.85. The van der Waals surface area contributed by atoms with Crippen LogP contribution in [0.5, 0.6) is 0 Å². The molecular formula is C8H16LiN. The first-order valence-corrected chi connectivity index (χ1v) is 4.55. The van der Waals surface area contributed by atoms with Gasteiger partial charge >= 0.3 is 73.0 Å². The van der Waals surface area contributed by atoms with E-state index in [1.807, 2.05) is 0 Å². The quantitative estimate of drug-likeness (QED) is 0.524. The third-order valence-electron chi connectivity index (χ3n) is 2.47. The zero-order valence-electron chi connectivity index (χ0n) is 7.27. The van der Waals surface area contributed by atoms with Crippen molar-refractivity contribution in [2.45, 2.75) is 24.9 Å². The Bertz CT molecular complexity index is 89.3. The van der Waals surface area contributed by atoms with E-state index >= 15 is 0 Å². The van der Waals surface area contributed by atoms with Gasteiger partial charge in [0.15, 0.2) is 0 Å². The average Bonchev–Trinajstić information content (AvgIpc) is 2.40. The average molecular weight is 133 g/mol. The number of rotatable bonds is 3. The second-order valence-corrected chi connectivity index (χ2v) is 3.52. The molecule has 1 nitrogen and oxygen atoms in total. The van der Waals surface area contributed by atoms with E-state index in [4.69, 9.17) is 0 Å². The van der Waals surface area contributed by atoms with Crippen molar-refractivity contribution in [3.05, 3.63) is 0 Å². The zero-order chi connectivity index (χ0) is 7.40.